The summed E-state index contributed by atoms with van der Waals surface area (Å²) in [5.41, 5.74) is 1.42. The number of piperidine rings is 1. The number of aliphatic hydroxyl groups excluding tert-OH is 1. The molecule has 3 aromatic rings. The van der Waals surface area contributed by atoms with E-state index in [0.29, 0.717) is 49.7 Å². The molecule has 1 fully saturated rings. The van der Waals surface area contributed by atoms with E-state index in [0.717, 1.165) is 22.7 Å². The molecular weight excluding hydrogens is 524 g/mol. The number of rotatable bonds is 10. The molecule has 3 atom stereocenters. The number of hydrogen-bond donors (Lipinski definition) is 2. The van der Waals surface area contributed by atoms with Gasteiger partial charge in [-0.3, -0.25) is 9.78 Å². The van der Waals surface area contributed by atoms with Crippen LogP contribution < -0.4 is 4.74 Å². The maximum Gasteiger partial charge on any atom is 0.308 e. The summed E-state index contributed by atoms with van der Waals surface area (Å²) in [6.07, 6.45) is 2.27. The van der Waals surface area contributed by atoms with E-state index in [2.05, 4.69) is 4.98 Å². The van der Waals surface area contributed by atoms with Crippen molar-refractivity contribution < 1.29 is 37.3 Å². The number of aliphatic hydroxyl groups is 1. The van der Waals surface area contributed by atoms with Crippen LogP contribution in [0.1, 0.15) is 30.9 Å². The average molecular weight is 553 g/mol. The number of aliphatic carboxylic acids is 1. The fourth-order valence-corrected chi connectivity index (χ4v) is 5.91. The van der Waals surface area contributed by atoms with E-state index in [-0.39, 0.29) is 18.2 Å². The second-order valence-electron chi connectivity index (χ2n) is 9.32. The van der Waals surface area contributed by atoms with Gasteiger partial charge in [0.2, 0.25) is 0 Å². The third-order valence-corrected chi connectivity index (χ3v) is 8.09. The molecule has 0 radical (unpaired) electrons. The van der Waals surface area contributed by atoms with Gasteiger partial charge in [0.15, 0.2) is 17.5 Å². The highest BCUT2D eigenvalue weighted by molar-refractivity contribution is 7.99. The number of ether oxygens (including phenoxy) is 1. The van der Waals surface area contributed by atoms with Gasteiger partial charge in [-0.25, -0.2) is 17.6 Å². The van der Waals surface area contributed by atoms with Crippen LogP contribution in [-0.2, 0) is 4.79 Å². The molecule has 2 aromatic carbocycles. The predicted molar refractivity (Wildman–Crippen MR) is 135 cm³/mol. The lowest BCUT2D eigenvalue weighted by molar-refractivity contribution is -0.146. The predicted octanol–water partition coefficient (Wildman–Crippen LogP) is 5.43. The van der Waals surface area contributed by atoms with Gasteiger partial charge >= 0.3 is 5.97 Å². The van der Waals surface area contributed by atoms with Crippen molar-refractivity contribution in [1.82, 2.24) is 9.88 Å². The second-order valence-corrected chi connectivity index (χ2v) is 10.4. The number of carboxylic acids is 1. The highest BCUT2D eigenvalue weighted by Gasteiger charge is 2.34. The summed E-state index contributed by atoms with van der Waals surface area (Å²) in [6.45, 7) is 1.14. The standard InChI is InChI=1S/C27H28F4N2O4S/c1-37-16-3-4-22-18(12-16)17(6-8-32-22)23(34)5-2-15-7-9-33(14-19(15)27(35)36)10-11-38-26-21(29)13-20(28)24(30)25(26)31/h3-4,6,8,12-13,15,19,23,34H,2,5,7,9-11,14H2,1H3,(H,35,36)/t15-,19+,23-/m1/s1. The Kier molecular flexibility index (Phi) is 9.11. The molecule has 1 aromatic heterocycles. The number of methoxy groups -OCH3 is 1. The number of benzene rings is 2. The van der Waals surface area contributed by atoms with Crippen molar-refractivity contribution in [3.8, 4) is 5.75 Å². The van der Waals surface area contributed by atoms with E-state index in [4.69, 9.17) is 4.74 Å². The number of carbonyl (C=O) groups is 1. The highest BCUT2D eigenvalue weighted by Crippen LogP contribution is 2.34. The maximum absolute atomic E-state index is 13.9. The molecule has 2 heterocycles. The number of hydrogen-bond acceptors (Lipinski definition) is 6. The smallest absolute Gasteiger partial charge is 0.308 e. The minimum atomic E-state index is -1.72. The molecular formula is C27H28F4N2O4S. The van der Waals surface area contributed by atoms with Gasteiger partial charge in [0.05, 0.1) is 29.5 Å². The number of carboxylic acid groups (broad SMARTS) is 1. The fourth-order valence-electron chi connectivity index (χ4n) is 4.95. The van der Waals surface area contributed by atoms with Gasteiger partial charge in [0.1, 0.15) is 11.6 Å². The Balaban J connectivity index is 1.34. The van der Waals surface area contributed by atoms with Crippen molar-refractivity contribution in [2.24, 2.45) is 11.8 Å². The Morgan fingerprint density at radius 3 is 2.71 bits per heavy atom. The Bertz CT molecular complexity index is 1310. The summed E-state index contributed by atoms with van der Waals surface area (Å²) < 4.78 is 59.7. The van der Waals surface area contributed by atoms with Gasteiger partial charge in [-0.2, -0.15) is 0 Å². The van der Waals surface area contributed by atoms with Gasteiger partial charge in [0, 0.05) is 36.5 Å². The quantitative estimate of drug-likeness (QED) is 0.150. The largest absolute Gasteiger partial charge is 0.497 e. The summed E-state index contributed by atoms with van der Waals surface area (Å²) in [6, 6.07) is 7.48. The van der Waals surface area contributed by atoms with E-state index in [1.54, 1.807) is 25.4 Å². The van der Waals surface area contributed by atoms with E-state index < -0.39 is 46.2 Å². The van der Waals surface area contributed by atoms with Crippen LogP contribution in [0.15, 0.2) is 41.4 Å². The Hall–Kier alpha value is -2.89. The first kappa shape index (κ1) is 28.1. The van der Waals surface area contributed by atoms with Gasteiger partial charge in [0.25, 0.3) is 0 Å². The molecule has 38 heavy (non-hydrogen) atoms. The average Bonchev–Trinajstić information content (AvgIpc) is 2.91. The molecule has 0 aliphatic carbocycles. The lowest BCUT2D eigenvalue weighted by Gasteiger charge is -2.37. The van der Waals surface area contributed by atoms with Gasteiger partial charge in [-0.05, 0) is 61.6 Å². The Labute approximate surface area is 221 Å². The van der Waals surface area contributed by atoms with Crippen molar-refractivity contribution in [3.63, 3.8) is 0 Å². The topological polar surface area (TPSA) is 82.9 Å². The highest BCUT2D eigenvalue weighted by atomic mass is 32.2. The lowest BCUT2D eigenvalue weighted by atomic mass is 9.81. The van der Waals surface area contributed by atoms with Crippen LogP contribution in [0.25, 0.3) is 10.9 Å². The molecule has 0 bridgehead atoms. The summed E-state index contributed by atoms with van der Waals surface area (Å²) >= 11 is 0.723. The van der Waals surface area contributed by atoms with Crippen LogP contribution in [0, 0.1) is 35.1 Å². The Morgan fingerprint density at radius 1 is 1.18 bits per heavy atom. The van der Waals surface area contributed by atoms with Crippen molar-refractivity contribution in [2.75, 3.05) is 32.5 Å². The normalized spacial score (nSPS) is 19.0. The molecule has 6 nitrogen and oxygen atoms in total. The Morgan fingerprint density at radius 2 is 1.97 bits per heavy atom. The molecule has 0 saturated carbocycles. The number of likely N-dealkylation sites (tertiary alicyclic amines) is 1. The fraction of sp³-hybridized carbons (Fsp3) is 0.407. The zero-order chi connectivity index (χ0) is 27.4. The number of halogens is 4. The summed E-state index contributed by atoms with van der Waals surface area (Å²) in [5, 5.41) is 21.6. The monoisotopic (exact) mass is 552 g/mol. The molecule has 11 heteroatoms. The molecule has 0 amide bonds. The van der Waals surface area contributed by atoms with Gasteiger partial charge < -0.3 is 19.8 Å². The molecule has 204 valence electrons. The van der Waals surface area contributed by atoms with Gasteiger partial charge in [-0.1, -0.05) is 0 Å². The summed E-state index contributed by atoms with van der Waals surface area (Å²) in [5.74, 6) is -7.00. The number of aromatic nitrogens is 1. The van der Waals surface area contributed by atoms with E-state index in [9.17, 15) is 32.6 Å². The minimum Gasteiger partial charge on any atom is -0.497 e. The third kappa shape index (κ3) is 6.22. The third-order valence-electron chi connectivity index (χ3n) is 7.04. The number of nitrogens with zero attached hydrogens (tertiary/aromatic N) is 2. The first-order valence-electron chi connectivity index (χ1n) is 12.2. The number of pyridine rings is 1. The van der Waals surface area contributed by atoms with Crippen LogP contribution in [-0.4, -0.2) is 58.6 Å². The molecule has 2 N–H and O–H groups in total. The van der Waals surface area contributed by atoms with Crippen LogP contribution in [0.3, 0.4) is 0 Å². The van der Waals surface area contributed by atoms with Crippen molar-refractivity contribution in [3.05, 3.63) is 65.4 Å². The maximum atomic E-state index is 13.9. The van der Waals surface area contributed by atoms with Crippen molar-refractivity contribution >= 4 is 28.6 Å². The van der Waals surface area contributed by atoms with E-state index >= 15 is 0 Å². The van der Waals surface area contributed by atoms with Crippen LogP contribution >= 0.6 is 11.8 Å². The molecule has 4 rings (SSSR count). The van der Waals surface area contributed by atoms with Crippen LogP contribution in [0.5, 0.6) is 5.75 Å². The number of thioether (sulfide) groups is 1. The first-order valence-corrected chi connectivity index (χ1v) is 13.2. The summed E-state index contributed by atoms with van der Waals surface area (Å²) in [4.78, 5) is 17.6. The van der Waals surface area contributed by atoms with Gasteiger partial charge in [-0.15, -0.1) is 11.8 Å². The van der Waals surface area contributed by atoms with E-state index in [1.165, 1.54) is 0 Å². The zero-order valence-corrected chi connectivity index (χ0v) is 21.5. The van der Waals surface area contributed by atoms with Crippen LogP contribution in [0.2, 0.25) is 0 Å². The lowest BCUT2D eigenvalue weighted by Crippen LogP contribution is -2.44. The molecule has 0 unspecified atom stereocenters. The molecule has 1 aliphatic heterocycles. The number of fused-ring (bicyclic) bond motifs is 1. The molecule has 0 spiro atoms. The van der Waals surface area contributed by atoms with Crippen molar-refractivity contribution in [2.45, 2.75) is 30.3 Å². The SMILES string of the molecule is COc1ccc2nccc([C@H](O)CC[C@@H]3CCN(CCSc4c(F)cc(F)c(F)c4F)C[C@@H]3C(=O)O)c2c1. The zero-order valence-electron chi connectivity index (χ0n) is 20.7. The minimum absolute atomic E-state index is 0.158. The second kappa shape index (κ2) is 12.3. The van der Waals surface area contributed by atoms with E-state index in [1.807, 2.05) is 17.0 Å². The summed E-state index contributed by atoms with van der Waals surface area (Å²) in [7, 11) is 1.56. The molecule has 1 aliphatic rings. The van der Waals surface area contributed by atoms with Crippen LogP contribution in [0.4, 0.5) is 17.6 Å². The van der Waals surface area contributed by atoms with Crippen molar-refractivity contribution in [1.29, 1.82) is 0 Å². The first-order chi connectivity index (χ1) is 18.2. The molecule has 1 saturated heterocycles.